The number of benzene rings is 1. The zero-order valence-electron chi connectivity index (χ0n) is 8.61. The summed E-state index contributed by atoms with van der Waals surface area (Å²) in [5.41, 5.74) is 2.80. The lowest BCUT2D eigenvalue weighted by molar-refractivity contribution is 1.03. The van der Waals surface area contributed by atoms with Gasteiger partial charge < -0.3 is 4.98 Å². The highest BCUT2D eigenvalue weighted by atomic mass is 35.5. The van der Waals surface area contributed by atoms with Crippen molar-refractivity contribution in [3.05, 3.63) is 46.8 Å². The molecule has 0 unspecified atom stereocenters. The van der Waals surface area contributed by atoms with Gasteiger partial charge in [-0.15, -0.1) is 10.2 Å². The van der Waals surface area contributed by atoms with E-state index in [1.165, 1.54) is 0 Å². The molecule has 0 atom stereocenters. The topological polar surface area (TPSA) is 41.6 Å². The van der Waals surface area contributed by atoms with Crippen molar-refractivity contribution in [3.8, 4) is 11.1 Å². The lowest BCUT2D eigenvalue weighted by Crippen LogP contribution is -1.87. The highest BCUT2D eigenvalue weighted by Gasteiger charge is 2.11. The number of rotatable bonds is 1. The van der Waals surface area contributed by atoms with Gasteiger partial charge in [0.15, 0.2) is 10.3 Å². The summed E-state index contributed by atoms with van der Waals surface area (Å²) in [6.07, 6.45) is 1.89. The number of aromatic nitrogens is 3. The SMILES string of the molecule is Clc1cc(-c2c[nH]c3ccccc23)c(Cl)nn1. The van der Waals surface area contributed by atoms with Gasteiger partial charge in [0, 0.05) is 28.2 Å². The van der Waals surface area contributed by atoms with Crippen LogP contribution in [0.2, 0.25) is 10.3 Å². The van der Waals surface area contributed by atoms with Crippen molar-refractivity contribution in [2.24, 2.45) is 0 Å². The fourth-order valence-electron chi connectivity index (χ4n) is 1.84. The molecule has 3 aromatic rings. The van der Waals surface area contributed by atoms with Crippen molar-refractivity contribution < 1.29 is 0 Å². The molecule has 1 aromatic carbocycles. The Labute approximate surface area is 107 Å². The summed E-state index contributed by atoms with van der Waals surface area (Å²) in [6.45, 7) is 0. The highest BCUT2D eigenvalue weighted by Crippen LogP contribution is 2.33. The molecule has 0 saturated heterocycles. The molecule has 0 aliphatic carbocycles. The number of fused-ring (bicyclic) bond motifs is 1. The first-order valence-electron chi connectivity index (χ1n) is 5.01. The van der Waals surface area contributed by atoms with Crippen molar-refractivity contribution in [2.75, 3.05) is 0 Å². The van der Waals surface area contributed by atoms with Gasteiger partial charge >= 0.3 is 0 Å². The van der Waals surface area contributed by atoms with Gasteiger partial charge in [0.2, 0.25) is 0 Å². The molecule has 5 heteroatoms. The Hall–Kier alpha value is -1.58. The second kappa shape index (κ2) is 4.02. The lowest BCUT2D eigenvalue weighted by Gasteiger charge is -2.01. The summed E-state index contributed by atoms with van der Waals surface area (Å²) in [6, 6.07) is 9.69. The van der Waals surface area contributed by atoms with E-state index in [4.69, 9.17) is 23.2 Å². The first kappa shape index (κ1) is 10.6. The Morgan fingerprint density at radius 3 is 2.71 bits per heavy atom. The number of halogens is 2. The first-order valence-corrected chi connectivity index (χ1v) is 5.76. The predicted molar refractivity (Wildman–Crippen MR) is 69.3 cm³/mol. The summed E-state index contributed by atoms with van der Waals surface area (Å²) in [4.78, 5) is 3.18. The van der Waals surface area contributed by atoms with E-state index in [9.17, 15) is 0 Å². The largest absolute Gasteiger partial charge is 0.361 e. The summed E-state index contributed by atoms with van der Waals surface area (Å²) in [5, 5.41) is 9.27. The first-order chi connectivity index (χ1) is 8.25. The molecular weight excluding hydrogens is 257 g/mol. The van der Waals surface area contributed by atoms with E-state index < -0.39 is 0 Å². The van der Waals surface area contributed by atoms with Crippen molar-refractivity contribution in [2.45, 2.75) is 0 Å². The van der Waals surface area contributed by atoms with Crippen LogP contribution in [0.25, 0.3) is 22.0 Å². The number of H-pyrrole nitrogens is 1. The maximum Gasteiger partial charge on any atom is 0.159 e. The van der Waals surface area contributed by atoms with E-state index in [1.807, 2.05) is 30.5 Å². The minimum atomic E-state index is 0.328. The zero-order valence-corrected chi connectivity index (χ0v) is 10.1. The average molecular weight is 264 g/mol. The minimum Gasteiger partial charge on any atom is -0.361 e. The van der Waals surface area contributed by atoms with E-state index >= 15 is 0 Å². The normalized spacial score (nSPS) is 10.9. The third-order valence-electron chi connectivity index (χ3n) is 2.60. The fraction of sp³-hybridized carbons (Fsp3) is 0. The van der Waals surface area contributed by atoms with Crippen LogP contribution in [0.15, 0.2) is 36.5 Å². The Balaban J connectivity index is 2.31. The Morgan fingerprint density at radius 1 is 1.00 bits per heavy atom. The third-order valence-corrected chi connectivity index (χ3v) is 3.06. The van der Waals surface area contributed by atoms with E-state index in [2.05, 4.69) is 15.2 Å². The average Bonchev–Trinajstić information content (AvgIpc) is 2.76. The van der Waals surface area contributed by atoms with Gasteiger partial charge in [0.25, 0.3) is 0 Å². The van der Waals surface area contributed by atoms with Gasteiger partial charge in [0.05, 0.1) is 0 Å². The molecule has 2 heterocycles. The molecule has 0 aliphatic rings. The van der Waals surface area contributed by atoms with Gasteiger partial charge in [-0.05, 0) is 12.1 Å². The van der Waals surface area contributed by atoms with Crippen LogP contribution in [-0.4, -0.2) is 15.2 Å². The lowest BCUT2D eigenvalue weighted by atomic mass is 10.1. The Bertz CT molecular complexity index is 691. The van der Waals surface area contributed by atoms with Crippen molar-refractivity contribution in [1.82, 2.24) is 15.2 Å². The maximum atomic E-state index is 6.04. The molecule has 84 valence electrons. The summed E-state index contributed by atoms with van der Waals surface area (Å²) in [7, 11) is 0. The summed E-state index contributed by atoms with van der Waals surface area (Å²) < 4.78 is 0. The van der Waals surface area contributed by atoms with Crippen LogP contribution in [0, 0.1) is 0 Å². The van der Waals surface area contributed by atoms with Crippen molar-refractivity contribution >= 4 is 34.1 Å². The number of nitrogens with one attached hydrogen (secondary N) is 1. The van der Waals surface area contributed by atoms with Crippen molar-refractivity contribution in [3.63, 3.8) is 0 Å². The van der Waals surface area contributed by atoms with Crippen LogP contribution in [-0.2, 0) is 0 Å². The van der Waals surface area contributed by atoms with Gasteiger partial charge in [-0.25, -0.2) is 0 Å². The monoisotopic (exact) mass is 263 g/mol. The standard InChI is InChI=1S/C12H7Cl2N3/c13-11-5-8(12(14)17-16-11)9-6-15-10-4-2-1-3-7(9)10/h1-6,15H. The van der Waals surface area contributed by atoms with Gasteiger partial charge in [-0.1, -0.05) is 41.4 Å². The van der Waals surface area contributed by atoms with Crippen LogP contribution in [0.5, 0.6) is 0 Å². The molecule has 2 aromatic heterocycles. The van der Waals surface area contributed by atoms with Crippen LogP contribution in [0.4, 0.5) is 0 Å². The molecule has 0 radical (unpaired) electrons. The molecule has 1 N–H and O–H groups in total. The second-order valence-corrected chi connectivity index (χ2v) is 4.36. The molecule has 0 aliphatic heterocycles. The van der Waals surface area contributed by atoms with Gasteiger partial charge in [-0.2, -0.15) is 0 Å². The van der Waals surface area contributed by atoms with E-state index in [0.717, 1.165) is 22.0 Å². The fourth-order valence-corrected chi connectivity index (χ4v) is 2.18. The molecule has 0 bridgehead atoms. The molecule has 0 fully saturated rings. The molecule has 0 saturated carbocycles. The number of para-hydroxylation sites is 1. The Morgan fingerprint density at radius 2 is 1.82 bits per heavy atom. The molecule has 17 heavy (non-hydrogen) atoms. The second-order valence-electron chi connectivity index (χ2n) is 3.62. The highest BCUT2D eigenvalue weighted by molar-refractivity contribution is 6.34. The molecule has 3 rings (SSSR count). The van der Waals surface area contributed by atoms with E-state index in [0.29, 0.717) is 10.3 Å². The maximum absolute atomic E-state index is 6.04. The van der Waals surface area contributed by atoms with E-state index in [1.54, 1.807) is 6.07 Å². The number of nitrogens with zero attached hydrogens (tertiary/aromatic N) is 2. The Kier molecular flexibility index (Phi) is 2.50. The van der Waals surface area contributed by atoms with Gasteiger partial charge in [-0.3, -0.25) is 0 Å². The number of hydrogen-bond donors (Lipinski definition) is 1. The van der Waals surface area contributed by atoms with Crippen LogP contribution >= 0.6 is 23.2 Å². The molecule has 3 nitrogen and oxygen atoms in total. The third kappa shape index (κ3) is 1.77. The van der Waals surface area contributed by atoms with Gasteiger partial charge in [0.1, 0.15) is 0 Å². The van der Waals surface area contributed by atoms with Crippen LogP contribution in [0.1, 0.15) is 0 Å². The quantitative estimate of drug-likeness (QED) is 0.723. The molecule has 0 amide bonds. The molecular formula is C12H7Cl2N3. The predicted octanol–water partition coefficient (Wildman–Crippen LogP) is 3.93. The summed E-state index contributed by atoms with van der Waals surface area (Å²) >= 11 is 11.9. The van der Waals surface area contributed by atoms with E-state index in [-0.39, 0.29) is 0 Å². The number of aromatic amines is 1. The van der Waals surface area contributed by atoms with Crippen LogP contribution in [0.3, 0.4) is 0 Å². The smallest absolute Gasteiger partial charge is 0.159 e. The zero-order chi connectivity index (χ0) is 11.8. The summed E-state index contributed by atoms with van der Waals surface area (Å²) in [5.74, 6) is 0. The van der Waals surface area contributed by atoms with Crippen LogP contribution < -0.4 is 0 Å². The molecule has 0 spiro atoms. The number of hydrogen-bond acceptors (Lipinski definition) is 2. The minimum absolute atomic E-state index is 0.328. The van der Waals surface area contributed by atoms with Crippen molar-refractivity contribution in [1.29, 1.82) is 0 Å².